The molecule has 0 saturated carbocycles. The maximum absolute atomic E-state index is 8.88. The van der Waals surface area contributed by atoms with Gasteiger partial charge in [-0.05, 0) is 26.3 Å². The molecule has 2 unspecified atom stereocenters. The zero-order valence-corrected chi connectivity index (χ0v) is 12.1. The van der Waals surface area contributed by atoms with Gasteiger partial charge in [0.25, 0.3) is 0 Å². The molecule has 0 spiro atoms. The van der Waals surface area contributed by atoms with Crippen LogP contribution in [0, 0.1) is 0 Å². The van der Waals surface area contributed by atoms with E-state index >= 15 is 0 Å². The van der Waals surface area contributed by atoms with Crippen LogP contribution < -0.4 is 22.0 Å². The van der Waals surface area contributed by atoms with Crippen molar-refractivity contribution in [3.63, 3.8) is 0 Å². The zero-order valence-electron chi connectivity index (χ0n) is 12.1. The summed E-state index contributed by atoms with van der Waals surface area (Å²) in [6.07, 6.45) is 5.00. The summed E-state index contributed by atoms with van der Waals surface area (Å²) >= 11 is 0. The Morgan fingerprint density at radius 1 is 1.10 bits per heavy atom. The molecule has 0 fully saturated rings. The second kappa shape index (κ2) is 14.5. The summed E-state index contributed by atoms with van der Waals surface area (Å²) in [6.45, 7) is 5.25. The summed E-state index contributed by atoms with van der Waals surface area (Å²) in [6, 6.07) is -0.258. The fourth-order valence-corrected chi connectivity index (χ4v) is 1.39. The third kappa shape index (κ3) is 12.2. The van der Waals surface area contributed by atoms with Gasteiger partial charge in [-0.1, -0.05) is 0 Å². The lowest BCUT2D eigenvalue weighted by Crippen LogP contribution is -2.28. The Kier molecular flexibility index (Phi) is 13.9. The molecule has 0 aromatic carbocycles. The molecule has 0 aliphatic heterocycles. The Bertz CT molecular complexity index is 262. The van der Waals surface area contributed by atoms with E-state index in [4.69, 9.17) is 16.1 Å². The Morgan fingerprint density at radius 3 is 2.30 bits per heavy atom. The molecule has 0 aromatic heterocycles. The second-order valence-corrected chi connectivity index (χ2v) is 4.44. The largest absolute Gasteiger partial charge is 0.330 e. The molecule has 0 amide bonds. The highest BCUT2D eigenvalue weighted by atomic mass is 16.5. The molecule has 20 heavy (non-hydrogen) atoms. The quantitative estimate of drug-likeness (QED) is 0.149. The lowest BCUT2D eigenvalue weighted by molar-refractivity contribution is 0.147. The SMILES string of the molecule is CC(C=NCCNCCN=CC(CCCN)NO)NO. The van der Waals surface area contributed by atoms with E-state index in [0.29, 0.717) is 19.6 Å². The number of nitrogens with zero attached hydrogens (tertiary/aromatic N) is 2. The van der Waals surface area contributed by atoms with E-state index in [0.717, 1.165) is 25.9 Å². The van der Waals surface area contributed by atoms with Gasteiger partial charge in [0.1, 0.15) is 0 Å². The van der Waals surface area contributed by atoms with E-state index in [1.165, 1.54) is 0 Å². The highest BCUT2D eigenvalue weighted by Gasteiger charge is 2.01. The molecule has 2 atom stereocenters. The summed E-state index contributed by atoms with van der Waals surface area (Å²) in [5.41, 5.74) is 9.69. The number of aliphatic imine (C=N–C) groups is 2. The first kappa shape index (κ1) is 19.1. The lowest BCUT2D eigenvalue weighted by Gasteiger charge is -2.08. The van der Waals surface area contributed by atoms with Crippen LogP contribution in [0.25, 0.3) is 0 Å². The molecule has 118 valence electrons. The van der Waals surface area contributed by atoms with Crippen LogP contribution in [-0.4, -0.2) is 67.7 Å². The van der Waals surface area contributed by atoms with Crippen molar-refractivity contribution in [3.05, 3.63) is 0 Å². The van der Waals surface area contributed by atoms with Crippen LogP contribution in [0.1, 0.15) is 19.8 Å². The summed E-state index contributed by atoms with van der Waals surface area (Å²) in [5, 5.41) is 20.6. The van der Waals surface area contributed by atoms with Crippen LogP contribution in [-0.2, 0) is 0 Å². The van der Waals surface area contributed by atoms with Gasteiger partial charge in [-0.15, -0.1) is 0 Å². The monoisotopic (exact) mass is 288 g/mol. The fraction of sp³-hybridized carbons (Fsp3) is 0.833. The lowest BCUT2D eigenvalue weighted by atomic mass is 10.2. The van der Waals surface area contributed by atoms with E-state index in [2.05, 4.69) is 26.3 Å². The summed E-state index contributed by atoms with van der Waals surface area (Å²) in [4.78, 5) is 8.35. The minimum absolute atomic E-state index is 0.129. The van der Waals surface area contributed by atoms with Gasteiger partial charge in [0.2, 0.25) is 0 Å². The molecular weight excluding hydrogens is 260 g/mol. The fourth-order valence-electron chi connectivity index (χ4n) is 1.39. The van der Waals surface area contributed by atoms with Gasteiger partial charge in [-0.3, -0.25) is 9.98 Å². The van der Waals surface area contributed by atoms with Gasteiger partial charge in [0, 0.05) is 25.5 Å². The molecule has 0 aliphatic rings. The summed E-state index contributed by atoms with van der Waals surface area (Å²) in [5.74, 6) is 0. The molecule has 8 heteroatoms. The van der Waals surface area contributed by atoms with Crippen molar-refractivity contribution in [2.24, 2.45) is 15.7 Å². The highest BCUT2D eigenvalue weighted by molar-refractivity contribution is 5.64. The van der Waals surface area contributed by atoms with Gasteiger partial charge in [-0.2, -0.15) is 11.0 Å². The van der Waals surface area contributed by atoms with Crippen molar-refractivity contribution in [1.82, 2.24) is 16.3 Å². The molecular formula is C12H28N6O2. The second-order valence-electron chi connectivity index (χ2n) is 4.44. The number of hydrogen-bond acceptors (Lipinski definition) is 8. The first-order chi connectivity index (χ1) is 9.74. The topological polar surface area (TPSA) is 127 Å². The minimum atomic E-state index is -0.129. The van der Waals surface area contributed by atoms with Crippen LogP contribution in [0.4, 0.5) is 0 Å². The molecule has 0 radical (unpaired) electrons. The average molecular weight is 288 g/mol. The number of hydroxylamine groups is 2. The number of nitrogens with two attached hydrogens (primary N) is 1. The number of nitrogens with one attached hydrogen (secondary N) is 3. The Morgan fingerprint density at radius 2 is 1.75 bits per heavy atom. The zero-order chi connectivity index (χ0) is 15.1. The molecule has 7 N–H and O–H groups in total. The third-order valence-corrected chi connectivity index (χ3v) is 2.54. The molecule has 0 bridgehead atoms. The van der Waals surface area contributed by atoms with E-state index in [1.807, 2.05) is 6.92 Å². The molecule has 8 nitrogen and oxygen atoms in total. The Labute approximate surface area is 120 Å². The highest BCUT2D eigenvalue weighted by Crippen LogP contribution is 1.92. The Balaban J connectivity index is 3.48. The van der Waals surface area contributed by atoms with Crippen molar-refractivity contribution in [1.29, 1.82) is 0 Å². The van der Waals surface area contributed by atoms with Gasteiger partial charge >= 0.3 is 0 Å². The molecule has 0 aliphatic carbocycles. The standard InChI is InChI=1S/C12H28N6O2/c1-11(17-19)9-15-7-5-14-6-8-16-10-12(18-20)3-2-4-13/h9-12,14,17-20H,2-8,13H2,1H3. The van der Waals surface area contributed by atoms with Gasteiger partial charge < -0.3 is 21.5 Å². The van der Waals surface area contributed by atoms with Crippen LogP contribution in [0.5, 0.6) is 0 Å². The van der Waals surface area contributed by atoms with Gasteiger partial charge in [-0.25, -0.2) is 0 Å². The minimum Gasteiger partial charge on any atom is -0.330 e. The summed E-state index contributed by atoms with van der Waals surface area (Å²) in [7, 11) is 0. The van der Waals surface area contributed by atoms with Crippen molar-refractivity contribution in [2.75, 3.05) is 32.7 Å². The Hall–Kier alpha value is -0.900. The average Bonchev–Trinajstić information content (AvgIpc) is 2.48. The smallest absolute Gasteiger partial charge is 0.0667 e. The predicted molar refractivity (Wildman–Crippen MR) is 81.0 cm³/mol. The van der Waals surface area contributed by atoms with Crippen LogP contribution >= 0.6 is 0 Å². The number of hydrogen-bond donors (Lipinski definition) is 6. The van der Waals surface area contributed by atoms with E-state index < -0.39 is 0 Å². The van der Waals surface area contributed by atoms with Gasteiger partial charge in [0.15, 0.2) is 0 Å². The maximum atomic E-state index is 8.88. The van der Waals surface area contributed by atoms with Crippen molar-refractivity contribution in [2.45, 2.75) is 31.8 Å². The normalized spacial score (nSPS) is 15.2. The van der Waals surface area contributed by atoms with Gasteiger partial charge in [0.05, 0.1) is 25.2 Å². The molecule has 0 heterocycles. The first-order valence-electron chi connectivity index (χ1n) is 6.94. The van der Waals surface area contributed by atoms with Crippen LogP contribution in [0.2, 0.25) is 0 Å². The summed E-state index contributed by atoms with van der Waals surface area (Å²) < 4.78 is 0. The van der Waals surface area contributed by atoms with E-state index in [9.17, 15) is 0 Å². The van der Waals surface area contributed by atoms with Crippen molar-refractivity contribution < 1.29 is 10.4 Å². The van der Waals surface area contributed by atoms with Crippen LogP contribution in [0.15, 0.2) is 9.98 Å². The molecule has 0 saturated heterocycles. The number of rotatable bonds is 13. The predicted octanol–water partition coefficient (Wildman–Crippen LogP) is -0.829. The molecule has 0 aromatic rings. The molecule has 0 rings (SSSR count). The third-order valence-electron chi connectivity index (χ3n) is 2.54. The van der Waals surface area contributed by atoms with Crippen LogP contribution in [0.3, 0.4) is 0 Å². The first-order valence-corrected chi connectivity index (χ1v) is 6.94. The maximum Gasteiger partial charge on any atom is 0.0667 e. The van der Waals surface area contributed by atoms with E-state index in [1.54, 1.807) is 12.4 Å². The van der Waals surface area contributed by atoms with Crippen molar-refractivity contribution in [3.8, 4) is 0 Å². The van der Waals surface area contributed by atoms with E-state index in [-0.39, 0.29) is 12.1 Å². The van der Waals surface area contributed by atoms with Crippen molar-refractivity contribution >= 4 is 12.4 Å².